The van der Waals surface area contributed by atoms with Crippen LogP contribution in [0.15, 0.2) is 18.6 Å². The predicted molar refractivity (Wildman–Crippen MR) is 45.5 cm³/mol. The molecule has 5 nitrogen and oxygen atoms in total. The van der Waals surface area contributed by atoms with Crippen LogP contribution in [0.4, 0.5) is 0 Å². The summed E-state index contributed by atoms with van der Waals surface area (Å²) in [6, 6.07) is 0. The number of carbonyl (C=O) groups is 1. The van der Waals surface area contributed by atoms with Gasteiger partial charge in [-0.15, -0.1) is 0 Å². The maximum atomic E-state index is 10.7. The number of rotatable bonds is 1. The molecule has 0 aliphatic heterocycles. The molecule has 0 unspecified atom stereocenters. The van der Waals surface area contributed by atoms with Gasteiger partial charge in [0, 0.05) is 25.6 Å². The summed E-state index contributed by atoms with van der Waals surface area (Å²) in [4.78, 5) is 18.7. The molecule has 2 rings (SSSR count). The zero-order valence-electron chi connectivity index (χ0n) is 6.93. The smallest absolute Gasteiger partial charge is 0.339 e. The molecule has 0 saturated heterocycles. The third-order valence-corrected chi connectivity index (χ3v) is 1.82. The van der Waals surface area contributed by atoms with Crippen molar-refractivity contribution in [3.8, 4) is 0 Å². The Morgan fingerprint density at radius 1 is 1.46 bits per heavy atom. The highest BCUT2D eigenvalue weighted by Gasteiger charge is 2.13. The SMILES string of the molecule is Cn1cc(C(=O)O)c2nccnc21. The molecule has 13 heavy (non-hydrogen) atoms. The summed E-state index contributed by atoms with van der Waals surface area (Å²) in [5.41, 5.74) is 1.20. The number of carboxylic acids is 1. The summed E-state index contributed by atoms with van der Waals surface area (Å²) in [5, 5.41) is 8.82. The fourth-order valence-corrected chi connectivity index (χ4v) is 1.25. The van der Waals surface area contributed by atoms with E-state index in [9.17, 15) is 4.79 Å². The summed E-state index contributed by atoms with van der Waals surface area (Å²) in [6.07, 6.45) is 4.52. The largest absolute Gasteiger partial charge is 0.478 e. The molecule has 0 atom stereocenters. The van der Waals surface area contributed by atoms with Crippen molar-refractivity contribution in [2.45, 2.75) is 0 Å². The monoisotopic (exact) mass is 177 g/mol. The van der Waals surface area contributed by atoms with Crippen LogP contribution in [0.25, 0.3) is 11.2 Å². The van der Waals surface area contributed by atoms with Gasteiger partial charge in [0.2, 0.25) is 0 Å². The Hall–Kier alpha value is -1.91. The maximum absolute atomic E-state index is 10.7. The van der Waals surface area contributed by atoms with Gasteiger partial charge in [-0.2, -0.15) is 0 Å². The Morgan fingerprint density at radius 2 is 2.15 bits per heavy atom. The molecule has 0 bridgehead atoms. The first-order valence-corrected chi connectivity index (χ1v) is 3.69. The normalized spacial score (nSPS) is 10.5. The first-order valence-electron chi connectivity index (χ1n) is 3.69. The van der Waals surface area contributed by atoms with Crippen molar-refractivity contribution in [1.82, 2.24) is 14.5 Å². The summed E-state index contributed by atoms with van der Waals surface area (Å²) >= 11 is 0. The fraction of sp³-hybridized carbons (Fsp3) is 0.125. The molecule has 0 radical (unpaired) electrons. The van der Waals surface area contributed by atoms with E-state index in [0.29, 0.717) is 11.2 Å². The minimum Gasteiger partial charge on any atom is -0.478 e. The van der Waals surface area contributed by atoms with Gasteiger partial charge in [0.1, 0.15) is 11.1 Å². The standard InChI is InChI=1S/C8H7N3O2/c1-11-4-5(8(12)13)6-7(11)10-3-2-9-6/h2-4H,1H3,(H,12,13). The number of hydrogen-bond acceptors (Lipinski definition) is 3. The molecule has 66 valence electrons. The number of aromatic carboxylic acids is 1. The van der Waals surface area contributed by atoms with E-state index in [-0.39, 0.29) is 5.56 Å². The Balaban J connectivity index is 2.85. The van der Waals surface area contributed by atoms with E-state index in [4.69, 9.17) is 5.11 Å². The molecule has 0 amide bonds. The first-order chi connectivity index (χ1) is 6.20. The second kappa shape index (κ2) is 2.55. The Labute approximate surface area is 73.7 Å². The highest BCUT2D eigenvalue weighted by atomic mass is 16.4. The molecule has 5 heteroatoms. The van der Waals surface area contributed by atoms with Gasteiger partial charge in [0.05, 0.1) is 0 Å². The Kier molecular flexibility index (Phi) is 1.51. The van der Waals surface area contributed by atoms with Crippen LogP contribution >= 0.6 is 0 Å². The van der Waals surface area contributed by atoms with Gasteiger partial charge in [-0.25, -0.2) is 9.78 Å². The number of aryl methyl sites for hydroxylation is 1. The molecule has 0 spiro atoms. The first kappa shape index (κ1) is 7.72. The van der Waals surface area contributed by atoms with E-state index in [2.05, 4.69) is 9.97 Å². The zero-order valence-corrected chi connectivity index (χ0v) is 6.93. The molecule has 0 fully saturated rings. The van der Waals surface area contributed by atoms with Gasteiger partial charge >= 0.3 is 5.97 Å². The minimum atomic E-state index is -0.980. The van der Waals surface area contributed by atoms with Crippen LogP contribution in [0.1, 0.15) is 10.4 Å². The van der Waals surface area contributed by atoms with Crippen molar-refractivity contribution in [3.05, 3.63) is 24.2 Å². The Bertz CT molecular complexity index is 475. The third kappa shape index (κ3) is 1.05. The van der Waals surface area contributed by atoms with Gasteiger partial charge in [-0.3, -0.25) is 4.98 Å². The molecule has 2 aromatic rings. The van der Waals surface area contributed by atoms with Gasteiger partial charge in [0.25, 0.3) is 0 Å². The highest BCUT2D eigenvalue weighted by molar-refractivity contribution is 6.00. The topological polar surface area (TPSA) is 68.0 Å². The number of carboxylic acid groups (broad SMARTS) is 1. The van der Waals surface area contributed by atoms with Crippen LogP contribution in [0.2, 0.25) is 0 Å². The van der Waals surface area contributed by atoms with Gasteiger partial charge < -0.3 is 9.67 Å². The average Bonchev–Trinajstić information content (AvgIpc) is 2.45. The number of aromatic nitrogens is 3. The molecule has 2 heterocycles. The van der Waals surface area contributed by atoms with E-state index in [1.165, 1.54) is 18.6 Å². The second-order valence-electron chi connectivity index (χ2n) is 2.69. The molecule has 2 aromatic heterocycles. The van der Waals surface area contributed by atoms with E-state index >= 15 is 0 Å². The van der Waals surface area contributed by atoms with Crippen LogP contribution in [-0.2, 0) is 7.05 Å². The van der Waals surface area contributed by atoms with E-state index in [0.717, 1.165) is 0 Å². The van der Waals surface area contributed by atoms with Crippen molar-refractivity contribution in [1.29, 1.82) is 0 Å². The lowest BCUT2D eigenvalue weighted by Crippen LogP contribution is -1.94. The number of fused-ring (bicyclic) bond motifs is 1. The van der Waals surface area contributed by atoms with Crippen LogP contribution < -0.4 is 0 Å². The van der Waals surface area contributed by atoms with Crippen LogP contribution in [0.3, 0.4) is 0 Å². The van der Waals surface area contributed by atoms with E-state index in [1.807, 2.05) is 0 Å². The van der Waals surface area contributed by atoms with Gasteiger partial charge in [0.15, 0.2) is 5.65 Å². The molecule has 0 aliphatic rings. The molecular weight excluding hydrogens is 170 g/mol. The van der Waals surface area contributed by atoms with Crippen molar-refractivity contribution in [3.63, 3.8) is 0 Å². The van der Waals surface area contributed by atoms with Crippen LogP contribution in [0, 0.1) is 0 Å². The molecule has 0 aliphatic carbocycles. The third-order valence-electron chi connectivity index (χ3n) is 1.82. The van der Waals surface area contributed by atoms with Crippen molar-refractivity contribution in [2.24, 2.45) is 7.05 Å². The quantitative estimate of drug-likeness (QED) is 0.695. The number of hydrogen-bond donors (Lipinski definition) is 1. The molecule has 0 aromatic carbocycles. The van der Waals surface area contributed by atoms with Crippen molar-refractivity contribution in [2.75, 3.05) is 0 Å². The summed E-state index contributed by atoms with van der Waals surface area (Å²) in [7, 11) is 1.74. The second-order valence-corrected chi connectivity index (χ2v) is 2.69. The molecule has 0 saturated carbocycles. The predicted octanol–water partition coefficient (Wildman–Crippen LogP) is 0.666. The zero-order chi connectivity index (χ0) is 9.42. The lowest BCUT2D eigenvalue weighted by Gasteiger charge is -1.90. The lowest BCUT2D eigenvalue weighted by atomic mass is 10.3. The number of nitrogens with zero attached hydrogens (tertiary/aromatic N) is 3. The summed E-state index contributed by atoms with van der Waals surface area (Å²) in [6.45, 7) is 0. The lowest BCUT2D eigenvalue weighted by molar-refractivity contribution is 0.0698. The van der Waals surface area contributed by atoms with Crippen molar-refractivity contribution >= 4 is 17.1 Å². The summed E-state index contributed by atoms with van der Waals surface area (Å²) in [5.74, 6) is -0.980. The maximum Gasteiger partial charge on any atom is 0.339 e. The average molecular weight is 177 g/mol. The van der Waals surface area contributed by atoms with Gasteiger partial charge in [-0.05, 0) is 0 Å². The van der Waals surface area contributed by atoms with Crippen LogP contribution in [0.5, 0.6) is 0 Å². The fourth-order valence-electron chi connectivity index (χ4n) is 1.25. The minimum absolute atomic E-state index is 0.186. The molecular formula is C8H7N3O2. The summed E-state index contributed by atoms with van der Waals surface area (Å²) < 4.78 is 1.64. The van der Waals surface area contributed by atoms with E-state index in [1.54, 1.807) is 11.6 Å². The highest BCUT2D eigenvalue weighted by Crippen LogP contribution is 2.14. The Morgan fingerprint density at radius 3 is 2.85 bits per heavy atom. The molecule has 1 N–H and O–H groups in total. The van der Waals surface area contributed by atoms with Crippen molar-refractivity contribution < 1.29 is 9.90 Å². The van der Waals surface area contributed by atoms with Crippen LogP contribution in [-0.4, -0.2) is 25.6 Å². The van der Waals surface area contributed by atoms with E-state index < -0.39 is 5.97 Å². The van der Waals surface area contributed by atoms with Gasteiger partial charge in [-0.1, -0.05) is 0 Å².